The number of phenolic OH excluding ortho intramolecular Hbond substituents is 1. The summed E-state index contributed by atoms with van der Waals surface area (Å²) in [6, 6.07) is 5.05. The zero-order chi connectivity index (χ0) is 14.3. The molecule has 1 rings (SSSR count). The van der Waals surface area contributed by atoms with Gasteiger partial charge < -0.3 is 14.6 Å². The Kier molecular flexibility index (Phi) is 5.67. The lowest BCUT2D eigenvalue weighted by molar-refractivity contribution is -0.136. The fraction of sp³-hybridized carbons (Fsp3) is 0.267. The van der Waals surface area contributed by atoms with Gasteiger partial charge in [0.05, 0.1) is 7.11 Å². The third-order valence-electron chi connectivity index (χ3n) is 2.24. The van der Waals surface area contributed by atoms with E-state index in [0.29, 0.717) is 5.75 Å². The Morgan fingerprint density at radius 2 is 2.11 bits per heavy atom. The second-order valence-electron chi connectivity index (χ2n) is 4.19. The molecule has 4 heteroatoms. The molecule has 0 spiro atoms. The smallest absolute Gasteiger partial charge is 0.330 e. The summed E-state index contributed by atoms with van der Waals surface area (Å²) in [5.41, 5.74) is 1.70. The van der Waals surface area contributed by atoms with Crippen LogP contribution in [0.3, 0.4) is 0 Å². The molecule has 0 unspecified atom stereocenters. The molecule has 102 valence electrons. The van der Waals surface area contributed by atoms with Crippen molar-refractivity contribution in [3.8, 4) is 11.5 Å². The largest absolute Gasteiger partial charge is 0.504 e. The first-order valence-electron chi connectivity index (χ1n) is 5.88. The van der Waals surface area contributed by atoms with Crippen molar-refractivity contribution < 1.29 is 19.4 Å². The summed E-state index contributed by atoms with van der Waals surface area (Å²) in [4.78, 5) is 11.2. The van der Waals surface area contributed by atoms with Crippen molar-refractivity contribution in [2.75, 3.05) is 13.7 Å². The zero-order valence-electron chi connectivity index (χ0n) is 11.3. The summed E-state index contributed by atoms with van der Waals surface area (Å²) in [5, 5.41) is 9.58. The molecule has 1 N–H and O–H groups in total. The molecular weight excluding hydrogens is 244 g/mol. The van der Waals surface area contributed by atoms with Crippen LogP contribution >= 0.6 is 0 Å². The summed E-state index contributed by atoms with van der Waals surface area (Å²) in [7, 11) is 1.49. The van der Waals surface area contributed by atoms with Crippen molar-refractivity contribution in [3.63, 3.8) is 0 Å². The molecule has 0 aliphatic carbocycles. The van der Waals surface area contributed by atoms with Crippen molar-refractivity contribution in [2.24, 2.45) is 0 Å². The number of esters is 1. The van der Waals surface area contributed by atoms with Crippen LogP contribution in [-0.2, 0) is 9.53 Å². The van der Waals surface area contributed by atoms with Gasteiger partial charge in [-0.1, -0.05) is 17.7 Å². The van der Waals surface area contributed by atoms with Crippen LogP contribution in [0.25, 0.3) is 6.08 Å². The fourth-order valence-corrected chi connectivity index (χ4v) is 1.40. The third kappa shape index (κ3) is 5.29. The molecule has 0 saturated carbocycles. The van der Waals surface area contributed by atoms with E-state index in [1.165, 1.54) is 13.2 Å². The van der Waals surface area contributed by atoms with Gasteiger partial charge in [0.25, 0.3) is 0 Å². The number of ether oxygens (including phenoxy) is 2. The van der Waals surface area contributed by atoms with Gasteiger partial charge in [0.2, 0.25) is 0 Å². The van der Waals surface area contributed by atoms with Gasteiger partial charge in [-0.05, 0) is 37.6 Å². The number of carbonyl (C=O) groups excluding carboxylic acids is 1. The molecule has 0 aromatic heterocycles. The number of allylic oxidation sites excluding steroid dienone is 1. The Labute approximate surface area is 113 Å². The molecule has 1 aromatic carbocycles. The van der Waals surface area contributed by atoms with E-state index in [1.54, 1.807) is 30.4 Å². The van der Waals surface area contributed by atoms with Gasteiger partial charge >= 0.3 is 5.97 Å². The molecule has 0 amide bonds. The lowest BCUT2D eigenvalue weighted by atomic mass is 10.2. The van der Waals surface area contributed by atoms with Crippen LogP contribution < -0.4 is 4.74 Å². The number of carbonyl (C=O) groups is 1. The first-order chi connectivity index (χ1) is 9.02. The van der Waals surface area contributed by atoms with E-state index >= 15 is 0 Å². The minimum absolute atomic E-state index is 0.0752. The Bertz CT molecular complexity index is 497. The molecule has 1 aromatic rings. The van der Waals surface area contributed by atoms with Crippen molar-refractivity contribution >= 4 is 12.0 Å². The van der Waals surface area contributed by atoms with Crippen molar-refractivity contribution in [1.29, 1.82) is 0 Å². The van der Waals surface area contributed by atoms with Gasteiger partial charge in [-0.2, -0.15) is 0 Å². The van der Waals surface area contributed by atoms with Crippen molar-refractivity contribution in [1.82, 2.24) is 0 Å². The molecule has 0 radical (unpaired) electrons. The molecule has 0 aliphatic rings. The van der Waals surface area contributed by atoms with Crippen LogP contribution in [-0.4, -0.2) is 24.8 Å². The summed E-state index contributed by atoms with van der Waals surface area (Å²) in [6.45, 7) is 3.85. The van der Waals surface area contributed by atoms with Gasteiger partial charge in [-0.15, -0.1) is 0 Å². The highest BCUT2D eigenvalue weighted by molar-refractivity contribution is 5.82. The van der Waals surface area contributed by atoms with Gasteiger partial charge in [-0.3, -0.25) is 0 Å². The quantitative estimate of drug-likeness (QED) is 0.654. The van der Waals surface area contributed by atoms with E-state index in [0.717, 1.165) is 11.1 Å². The first kappa shape index (κ1) is 14.8. The molecular formula is C15H18O4. The molecule has 0 heterocycles. The molecule has 4 nitrogen and oxygen atoms in total. The second-order valence-corrected chi connectivity index (χ2v) is 4.19. The minimum Gasteiger partial charge on any atom is -0.504 e. The van der Waals surface area contributed by atoms with Crippen LogP contribution in [0.15, 0.2) is 35.9 Å². The van der Waals surface area contributed by atoms with E-state index in [2.05, 4.69) is 0 Å². The summed E-state index contributed by atoms with van der Waals surface area (Å²) >= 11 is 0. The van der Waals surface area contributed by atoms with Gasteiger partial charge in [-0.25, -0.2) is 4.79 Å². The predicted molar refractivity (Wildman–Crippen MR) is 74.1 cm³/mol. The molecule has 0 aliphatic heterocycles. The van der Waals surface area contributed by atoms with E-state index in [9.17, 15) is 9.90 Å². The minimum atomic E-state index is -0.359. The van der Waals surface area contributed by atoms with E-state index < -0.39 is 0 Å². The highest BCUT2D eigenvalue weighted by Crippen LogP contribution is 2.26. The Morgan fingerprint density at radius 1 is 1.37 bits per heavy atom. The molecule has 19 heavy (non-hydrogen) atoms. The fourth-order valence-electron chi connectivity index (χ4n) is 1.40. The average molecular weight is 262 g/mol. The van der Waals surface area contributed by atoms with Crippen LogP contribution in [0.2, 0.25) is 0 Å². The van der Waals surface area contributed by atoms with Crippen LogP contribution in [0, 0.1) is 0 Å². The maximum atomic E-state index is 11.2. The van der Waals surface area contributed by atoms with Crippen LogP contribution in [0.4, 0.5) is 0 Å². The molecule has 0 saturated heterocycles. The highest BCUT2D eigenvalue weighted by atomic mass is 16.5. The van der Waals surface area contributed by atoms with Crippen molar-refractivity contribution in [3.05, 3.63) is 41.5 Å². The van der Waals surface area contributed by atoms with Gasteiger partial charge in [0.15, 0.2) is 11.5 Å². The number of benzene rings is 1. The number of aromatic hydroxyl groups is 1. The average Bonchev–Trinajstić information content (AvgIpc) is 2.34. The van der Waals surface area contributed by atoms with Crippen molar-refractivity contribution in [2.45, 2.75) is 13.8 Å². The highest BCUT2D eigenvalue weighted by Gasteiger charge is 2.00. The lowest BCUT2D eigenvalue weighted by Crippen LogP contribution is -2.00. The SMILES string of the molecule is COc1ccc(/C=C/COC(=O)C=C(C)C)cc1O. The number of hydrogen-bond donors (Lipinski definition) is 1. The Balaban J connectivity index is 2.51. The van der Waals surface area contributed by atoms with E-state index in [4.69, 9.17) is 9.47 Å². The zero-order valence-corrected chi connectivity index (χ0v) is 11.3. The Hall–Kier alpha value is -2.23. The molecule has 0 bridgehead atoms. The monoisotopic (exact) mass is 262 g/mol. The number of phenols is 1. The molecule has 0 fully saturated rings. The maximum Gasteiger partial charge on any atom is 0.330 e. The number of rotatable bonds is 5. The standard InChI is InChI=1S/C15H18O4/c1-11(2)9-15(17)19-8-4-5-12-6-7-14(18-3)13(16)10-12/h4-7,9-10,16H,8H2,1-3H3/b5-4+. The third-order valence-corrected chi connectivity index (χ3v) is 2.24. The van der Waals surface area contributed by atoms with Crippen LogP contribution in [0.5, 0.6) is 11.5 Å². The van der Waals surface area contributed by atoms with Crippen LogP contribution in [0.1, 0.15) is 19.4 Å². The number of methoxy groups -OCH3 is 1. The van der Waals surface area contributed by atoms with E-state index in [1.807, 2.05) is 13.8 Å². The topological polar surface area (TPSA) is 55.8 Å². The van der Waals surface area contributed by atoms with Gasteiger partial charge in [0.1, 0.15) is 6.61 Å². The lowest BCUT2D eigenvalue weighted by Gasteiger charge is -2.03. The summed E-state index contributed by atoms with van der Waals surface area (Å²) < 4.78 is 9.90. The summed E-state index contributed by atoms with van der Waals surface area (Å²) in [5.74, 6) is 0.139. The predicted octanol–water partition coefficient (Wildman–Crippen LogP) is 2.92. The summed E-state index contributed by atoms with van der Waals surface area (Å²) in [6.07, 6.45) is 4.90. The second kappa shape index (κ2) is 7.26. The normalized spacial score (nSPS) is 10.3. The number of hydrogen-bond acceptors (Lipinski definition) is 4. The van der Waals surface area contributed by atoms with Gasteiger partial charge in [0, 0.05) is 6.08 Å². The molecule has 0 atom stereocenters. The van der Waals surface area contributed by atoms with E-state index in [-0.39, 0.29) is 18.3 Å². The maximum absolute atomic E-state index is 11.2. The Morgan fingerprint density at radius 3 is 2.68 bits per heavy atom. The first-order valence-corrected chi connectivity index (χ1v) is 5.88.